The standard InChI is InChI=1S/C15H24N6/c1-4-16-14-19-12(11-9-17-21-13(11)20-14)18-10-6-5-7-15(2,3)8-10/h9-10H,4-8H2,1-3H3,(H3,16,17,18,19,20,21). The summed E-state index contributed by atoms with van der Waals surface area (Å²) in [5.41, 5.74) is 1.18. The summed E-state index contributed by atoms with van der Waals surface area (Å²) in [5.74, 6) is 1.53. The van der Waals surface area contributed by atoms with E-state index in [0.717, 1.165) is 23.4 Å². The second-order valence-electron chi connectivity index (χ2n) is 6.66. The average Bonchev–Trinajstić information content (AvgIpc) is 2.86. The number of nitrogens with one attached hydrogen (secondary N) is 3. The predicted molar refractivity (Wildman–Crippen MR) is 85.5 cm³/mol. The van der Waals surface area contributed by atoms with Gasteiger partial charge in [0.1, 0.15) is 5.82 Å². The molecule has 0 spiro atoms. The molecule has 0 radical (unpaired) electrons. The van der Waals surface area contributed by atoms with Crippen LogP contribution in [0.25, 0.3) is 11.0 Å². The Morgan fingerprint density at radius 2 is 2.24 bits per heavy atom. The maximum absolute atomic E-state index is 4.61. The van der Waals surface area contributed by atoms with Crippen molar-refractivity contribution in [3.8, 4) is 0 Å². The third-order valence-electron chi connectivity index (χ3n) is 4.19. The average molecular weight is 288 g/mol. The molecule has 6 heteroatoms. The van der Waals surface area contributed by atoms with Crippen molar-refractivity contribution in [3.05, 3.63) is 6.20 Å². The summed E-state index contributed by atoms with van der Waals surface area (Å²) in [4.78, 5) is 9.04. The van der Waals surface area contributed by atoms with E-state index in [1.54, 1.807) is 6.20 Å². The van der Waals surface area contributed by atoms with Gasteiger partial charge in [-0.2, -0.15) is 15.1 Å². The van der Waals surface area contributed by atoms with Crippen molar-refractivity contribution in [1.82, 2.24) is 20.2 Å². The molecule has 0 aliphatic heterocycles. The van der Waals surface area contributed by atoms with E-state index in [-0.39, 0.29) is 0 Å². The molecule has 0 bridgehead atoms. The van der Waals surface area contributed by atoms with Gasteiger partial charge in [0.15, 0.2) is 5.65 Å². The second-order valence-corrected chi connectivity index (χ2v) is 6.66. The monoisotopic (exact) mass is 288 g/mol. The highest BCUT2D eigenvalue weighted by Crippen LogP contribution is 2.36. The van der Waals surface area contributed by atoms with Crippen LogP contribution in [0.5, 0.6) is 0 Å². The van der Waals surface area contributed by atoms with Crippen LogP contribution in [-0.4, -0.2) is 32.8 Å². The predicted octanol–water partition coefficient (Wildman–Crippen LogP) is 3.17. The Hall–Kier alpha value is -1.85. The number of fused-ring (bicyclic) bond motifs is 1. The van der Waals surface area contributed by atoms with Crippen molar-refractivity contribution in [2.45, 2.75) is 52.5 Å². The lowest BCUT2D eigenvalue weighted by Gasteiger charge is -2.35. The second kappa shape index (κ2) is 5.50. The molecule has 0 aromatic carbocycles. The Balaban J connectivity index is 1.86. The quantitative estimate of drug-likeness (QED) is 0.805. The summed E-state index contributed by atoms with van der Waals surface area (Å²) in [6, 6.07) is 0.469. The van der Waals surface area contributed by atoms with E-state index in [1.807, 2.05) is 6.92 Å². The Morgan fingerprint density at radius 3 is 3.00 bits per heavy atom. The summed E-state index contributed by atoms with van der Waals surface area (Å²) in [6.07, 6.45) is 6.74. The molecule has 0 amide bonds. The van der Waals surface area contributed by atoms with Crippen molar-refractivity contribution in [3.63, 3.8) is 0 Å². The zero-order valence-corrected chi connectivity index (χ0v) is 13.0. The number of H-pyrrole nitrogens is 1. The number of nitrogens with zero attached hydrogens (tertiary/aromatic N) is 3. The molecule has 2 heterocycles. The third kappa shape index (κ3) is 3.09. The topological polar surface area (TPSA) is 78.5 Å². The molecular weight excluding hydrogens is 264 g/mol. The van der Waals surface area contributed by atoms with Crippen LogP contribution < -0.4 is 10.6 Å². The molecule has 3 N–H and O–H groups in total. The van der Waals surface area contributed by atoms with E-state index >= 15 is 0 Å². The van der Waals surface area contributed by atoms with Crippen molar-refractivity contribution in [2.75, 3.05) is 17.2 Å². The van der Waals surface area contributed by atoms with Crippen molar-refractivity contribution in [1.29, 1.82) is 0 Å². The van der Waals surface area contributed by atoms with Crippen molar-refractivity contribution in [2.24, 2.45) is 5.41 Å². The minimum atomic E-state index is 0.406. The summed E-state index contributed by atoms with van der Waals surface area (Å²) >= 11 is 0. The molecular formula is C15H24N6. The third-order valence-corrected chi connectivity index (χ3v) is 4.19. The van der Waals surface area contributed by atoms with Gasteiger partial charge in [-0.15, -0.1) is 0 Å². The van der Waals surface area contributed by atoms with Crippen LogP contribution in [0.2, 0.25) is 0 Å². The van der Waals surface area contributed by atoms with E-state index in [2.05, 4.69) is 44.6 Å². The van der Waals surface area contributed by atoms with Crippen LogP contribution in [-0.2, 0) is 0 Å². The lowest BCUT2D eigenvalue weighted by molar-refractivity contribution is 0.229. The summed E-state index contributed by atoms with van der Waals surface area (Å²) < 4.78 is 0. The van der Waals surface area contributed by atoms with E-state index in [9.17, 15) is 0 Å². The Kier molecular flexibility index (Phi) is 3.69. The highest BCUT2D eigenvalue weighted by Gasteiger charge is 2.28. The molecule has 0 saturated heterocycles. The number of aromatic nitrogens is 4. The summed E-state index contributed by atoms with van der Waals surface area (Å²) in [7, 11) is 0. The number of hydrogen-bond acceptors (Lipinski definition) is 5. The fourth-order valence-corrected chi connectivity index (χ4v) is 3.20. The zero-order valence-electron chi connectivity index (χ0n) is 13.0. The fourth-order valence-electron chi connectivity index (χ4n) is 3.20. The van der Waals surface area contributed by atoms with Crippen LogP contribution >= 0.6 is 0 Å². The zero-order chi connectivity index (χ0) is 14.9. The van der Waals surface area contributed by atoms with E-state index < -0.39 is 0 Å². The maximum atomic E-state index is 4.61. The normalized spacial score (nSPS) is 21.4. The molecule has 2 aromatic heterocycles. The Morgan fingerprint density at radius 1 is 1.38 bits per heavy atom. The van der Waals surface area contributed by atoms with Gasteiger partial charge in [0.2, 0.25) is 5.95 Å². The van der Waals surface area contributed by atoms with Gasteiger partial charge in [-0.05, 0) is 31.6 Å². The highest BCUT2D eigenvalue weighted by molar-refractivity contribution is 5.87. The first kappa shape index (κ1) is 14.1. The van der Waals surface area contributed by atoms with Gasteiger partial charge in [-0.3, -0.25) is 5.10 Å². The molecule has 1 aliphatic rings. The number of rotatable bonds is 4. The molecule has 1 saturated carbocycles. The van der Waals surface area contributed by atoms with Gasteiger partial charge < -0.3 is 10.6 Å². The molecule has 3 rings (SSSR count). The van der Waals surface area contributed by atoms with Crippen LogP contribution in [0.15, 0.2) is 6.20 Å². The van der Waals surface area contributed by atoms with Crippen LogP contribution in [0, 0.1) is 5.41 Å². The molecule has 6 nitrogen and oxygen atoms in total. The van der Waals surface area contributed by atoms with Crippen LogP contribution in [0.1, 0.15) is 46.5 Å². The van der Waals surface area contributed by atoms with E-state index in [0.29, 0.717) is 17.4 Å². The van der Waals surface area contributed by atoms with E-state index in [1.165, 1.54) is 25.7 Å². The van der Waals surface area contributed by atoms with Gasteiger partial charge >= 0.3 is 0 Å². The first-order valence-corrected chi connectivity index (χ1v) is 7.79. The summed E-state index contributed by atoms with van der Waals surface area (Å²) in [6.45, 7) is 7.53. The van der Waals surface area contributed by atoms with E-state index in [4.69, 9.17) is 0 Å². The fraction of sp³-hybridized carbons (Fsp3) is 0.667. The Labute approximate surface area is 125 Å². The minimum absolute atomic E-state index is 0.406. The lowest BCUT2D eigenvalue weighted by Crippen LogP contribution is -2.32. The molecule has 1 unspecified atom stereocenters. The molecule has 1 fully saturated rings. The molecule has 1 aliphatic carbocycles. The van der Waals surface area contributed by atoms with Crippen LogP contribution in [0.3, 0.4) is 0 Å². The molecule has 21 heavy (non-hydrogen) atoms. The van der Waals surface area contributed by atoms with Gasteiger partial charge in [0.05, 0.1) is 11.6 Å². The number of anilines is 2. The smallest absolute Gasteiger partial charge is 0.226 e. The first-order valence-electron chi connectivity index (χ1n) is 7.79. The van der Waals surface area contributed by atoms with Gasteiger partial charge in [-0.1, -0.05) is 20.3 Å². The highest BCUT2D eigenvalue weighted by atomic mass is 15.2. The molecule has 1 atom stereocenters. The largest absolute Gasteiger partial charge is 0.367 e. The maximum Gasteiger partial charge on any atom is 0.226 e. The lowest BCUT2D eigenvalue weighted by atomic mass is 9.75. The van der Waals surface area contributed by atoms with Crippen LogP contribution in [0.4, 0.5) is 11.8 Å². The molecule has 2 aromatic rings. The Bertz CT molecular complexity index is 618. The van der Waals surface area contributed by atoms with Crippen molar-refractivity contribution >= 4 is 22.8 Å². The molecule has 114 valence electrons. The minimum Gasteiger partial charge on any atom is -0.367 e. The first-order chi connectivity index (χ1) is 10.1. The van der Waals surface area contributed by atoms with Gasteiger partial charge in [-0.25, -0.2) is 0 Å². The number of aromatic amines is 1. The van der Waals surface area contributed by atoms with Gasteiger partial charge in [0, 0.05) is 12.6 Å². The number of hydrogen-bond donors (Lipinski definition) is 3. The van der Waals surface area contributed by atoms with Gasteiger partial charge in [0.25, 0.3) is 0 Å². The SMILES string of the molecule is CCNc1nc(NC2CCCC(C)(C)C2)c2cn[nH]c2n1. The summed E-state index contributed by atoms with van der Waals surface area (Å²) in [5, 5.41) is 14.8. The van der Waals surface area contributed by atoms with Crippen molar-refractivity contribution < 1.29 is 0 Å².